The quantitative estimate of drug-likeness (QED) is 0.116. The van der Waals surface area contributed by atoms with E-state index in [2.05, 4.69) is 11.9 Å². The zero-order valence-corrected chi connectivity index (χ0v) is 21.9. The van der Waals surface area contributed by atoms with Gasteiger partial charge < -0.3 is 9.84 Å². The van der Waals surface area contributed by atoms with Crippen LogP contribution in [0.4, 0.5) is 9.52 Å². The standard InChI is InChI=1S/C30H27FN2O4S/c1-3-4-5-15-37-22-8-6-7-20(17-22)26-25(27(34)19-10-12-21(31)13-11-19)28(35)29(36)33(26)30-32-23-14-9-18(2)16-24(23)38-30/h6-14,16-17,26,34H,3-5,15H2,1-2H3. The number of unbranched alkanes of at least 4 members (excludes halogenated alkanes) is 2. The lowest BCUT2D eigenvalue weighted by molar-refractivity contribution is -0.132. The summed E-state index contributed by atoms with van der Waals surface area (Å²) in [6, 6.07) is 17.2. The highest BCUT2D eigenvalue weighted by Crippen LogP contribution is 2.45. The van der Waals surface area contributed by atoms with Crippen LogP contribution in [-0.4, -0.2) is 28.4 Å². The molecule has 1 aliphatic rings. The van der Waals surface area contributed by atoms with Gasteiger partial charge in [0.15, 0.2) is 5.13 Å². The number of ether oxygens (including phenoxy) is 1. The molecule has 38 heavy (non-hydrogen) atoms. The average Bonchev–Trinajstić information content (AvgIpc) is 3.44. The SMILES string of the molecule is CCCCCOc1cccc(C2C(=C(O)c3ccc(F)cc3)C(=O)C(=O)N2c2nc3ccc(C)cc3s2)c1. The minimum absolute atomic E-state index is 0.0832. The fourth-order valence-electron chi connectivity index (χ4n) is 4.55. The Bertz CT molecular complexity index is 1540. The highest BCUT2D eigenvalue weighted by atomic mass is 32.1. The van der Waals surface area contributed by atoms with Crippen LogP contribution in [0.2, 0.25) is 0 Å². The molecule has 1 amide bonds. The molecule has 0 radical (unpaired) electrons. The van der Waals surface area contributed by atoms with Crippen molar-refractivity contribution in [3.8, 4) is 5.75 Å². The number of halogens is 1. The molecule has 0 bridgehead atoms. The van der Waals surface area contributed by atoms with Crippen LogP contribution in [0.15, 0.2) is 72.3 Å². The van der Waals surface area contributed by atoms with Crippen LogP contribution in [0.3, 0.4) is 0 Å². The normalized spacial score (nSPS) is 16.9. The second-order valence-corrected chi connectivity index (χ2v) is 10.3. The first-order valence-electron chi connectivity index (χ1n) is 12.5. The molecular formula is C30H27FN2O4S. The molecular weight excluding hydrogens is 503 g/mol. The number of aryl methyl sites for hydroxylation is 1. The van der Waals surface area contributed by atoms with Crippen LogP contribution in [0.5, 0.6) is 5.75 Å². The van der Waals surface area contributed by atoms with E-state index in [1.807, 2.05) is 31.2 Å². The van der Waals surface area contributed by atoms with Crippen LogP contribution < -0.4 is 9.64 Å². The Labute approximate surface area is 224 Å². The minimum Gasteiger partial charge on any atom is -0.507 e. The number of benzene rings is 3. The Morgan fingerprint density at radius 3 is 2.63 bits per heavy atom. The number of aliphatic hydroxyl groups is 1. The first kappa shape index (κ1) is 25.6. The largest absolute Gasteiger partial charge is 0.507 e. The number of Topliss-reactive ketones (excluding diaryl/α,β-unsaturated/α-hetero) is 1. The highest BCUT2D eigenvalue weighted by Gasteiger charge is 2.48. The molecule has 0 spiro atoms. The Hall–Kier alpha value is -4.04. The number of anilines is 1. The average molecular weight is 531 g/mol. The maximum absolute atomic E-state index is 13.6. The van der Waals surface area contributed by atoms with Crippen LogP contribution in [-0.2, 0) is 9.59 Å². The van der Waals surface area contributed by atoms with Gasteiger partial charge in [0.05, 0.1) is 28.4 Å². The molecule has 8 heteroatoms. The molecule has 1 saturated heterocycles. The summed E-state index contributed by atoms with van der Waals surface area (Å²) in [6.45, 7) is 4.64. The van der Waals surface area contributed by atoms with Crippen LogP contribution in [0, 0.1) is 12.7 Å². The Balaban J connectivity index is 1.64. The Morgan fingerprint density at radius 2 is 1.87 bits per heavy atom. The van der Waals surface area contributed by atoms with E-state index in [-0.39, 0.29) is 16.9 Å². The summed E-state index contributed by atoms with van der Waals surface area (Å²) in [6.07, 6.45) is 3.03. The smallest absolute Gasteiger partial charge is 0.301 e. The van der Waals surface area contributed by atoms with E-state index in [0.717, 1.165) is 29.5 Å². The molecule has 1 aromatic heterocycles. The number of nitrogens with zero attached hydrogens (tertiary/aromatic N) is 2. The van der Waals surface area contributed by atoms with Crippen LogP contribution >= 0.6 is 11.3 Å². The number of fused-ring (bicyclic) bond motifs is 1. The summed E-state index contributed by atoms with van der Waals surface area (Å²) in [5.74, 6) is -1.87. The topological polar surface area (TPSA) is 79.7 Å². The molecule has 0 saturated carbocycles. The van der Waals surface area contributed by atoms with Crippen molar-refractivity contribution in [3.63, 3.8) is 0 Å². The summed E-state index contributed by atoms with van der Waals surface area (Å²) in [7, 11) is 0. The molecule has 4 aromatic rings. The van der Waals surface area contributed by atoms with Crippen molar-refractivity contribution >= 4 is 44.1 Å². The summed E-state index contributed by atoms with van der Waals surface area (Å²) in [5.41, 5.74) is 2.51. The van der Waals surface area contributed by atoms with Gasteiger partial charge in [0.1, 0.15) is 17.3 Å². The number of rotatable bonds is 8. The van der Waals surface area contributed by atoms with Crippen molar-refractivity contribution < 1.29 is 23.8 Å². The number of hydrogen-bond acceptors (Lipinski definition) is 6. The number of thiazole rings is 1. The van der Waals surface area contributed by atoms with Gasteiger partial charge in [-0.2, -0.15) is 0 Å². The molecule has 1 atom stereocenters. The summed E-state index contributed by atoms with van der Waals surface area (Å²) >= 11 is 1.30. The summed E-state index contributed by atoms with van der Waals surface area (Å²) < 4.78 is 20.4. The number of hydrogen-bond donors (Lipinski definition) is 1. The lowest BCUT2D eigenvalue weighted by Gasteiger charge is -2.23. The Kier molecular flexibility index (Phi) is 7.24. The van der Waals surface area contributed by atoms with Gasteiger partial charge in [0.2, 0.25) is 0 Å². The van der Waals surface area contributed by atoms with Gasteiger partial charge in [0.25, 0.3) is 5.78 Å². The number of aromatic nitrogens is 1. The maximum atomic E-state index is 13.6. The van der Waals surface area contributed by atoms with Crippen LogP contribution in [0.1, 0.15) is 48.9 Å². The van der Waals surface area contributed by atoms with Gasteiger partial charge >= 0.3 is 5.91 Å². The van der Waals surface area contributed by atoms with Crippen molar-refractivity contribution in [3.05, 3.63) is 94.8 Å². The molecule has 0 aliphatic carbocycles. The van der Waals surface area contributed by atoms with E-state index in [0.29, 0.717) is 28.6 Å². The lowest BCUT2D eigenvalue weighted by Crippen LogP contribution is -2.29. The predicted molar refractivity (Wildman–Crippen MR) is 147 cm³/mol. The van der Waals surface area contributed by atoms with E-state index >= 15 is 0 Å². The zero-order chi connectivity index (χ0) is 26.8. The van der Waals surface area contributed by atoms with Crippen molar-refractivity contribution in [1.29, 1.82) is 0 Å². The monoisotopic (exact) mass is 530 g/mol. The van der Waals surface area contributed by atoms with Gasteiger partial charge in [0, 0.05) is 5.56 Å². The predicted octanol–water partition coefficient (Wildman–Crippen LogP) is 6.94. The van der Waals surface area contributed by atoms with Crippen molar-refractivity contribution in [2.45, 2.75) is 39.2 Å². The number of carbonyl (C=O) groups excluding carboxylic acids is 2. The zero-order valence-electron chi connectivity index (χ0n) is 21.1. The fraction of sp³-hybridized carbons (Fsp3) is 0.233. The van der Waals surface area contributed by atoms with Gasteiger partial charge in [-0.05, 0) is 73.0 Å². The van der Waals surface area contributed by atoms with Crippen molar-refractivity contribution in [2.24, 2.45) is 0 Å². The van der Waals surface area contributed by atoms with Gasteiger partial charge in [-0.3, -0.25) is 14.5 Å². The third-order valence-electron chi connectivity index (χ3n) is 6.49. The molecule has 3 aromatic carbocycles. The van der Waals surface area contributed by atoms with Gasteiger partial charge in [-0.1, -0.05) is 49.3 Å². The van der Waals surface area contributed by atoms with E-state index < -0.39 is 23.5 Å². The molecule has 1 N–H and O–H groups in total. The van der Waals surface area contributed by atoms with Gasteiger partial charge in [-0.25, -0.2) is 9.37 Å². The van der Waals surface area contributed by atoms with Gasteiger partial charge in [-0.15, -0.1) is 0 Å². The molecule has 2 heterocycles. The third kappa shape index (κ3) is 4.91. The maximum Gasteiger partial charge on any atom is 0.301 e. The van der Waals surface area contributed by atoms with E-state index in [9.17, 15) is 19.1 Å². The minimum atomic E-state index is -0.944. The summed E-state index contributed by atoms with van der Waals surface area (Å²) in [4.78, 5) is 32.9. The van der Waals surface area contributed by atoms with E-state index in [4.69, 9.17) is 4.74 Å². The second-order valence-electron chi connectivity index (χ2n) is 9.27. The third-order valence-corrected chi connectivity index (χ3v) is 7.51. The first-order chi connectivity index (χ1) is 18.4. The second kappa shape index (κ2) is 10.8. The molecule has 1 unspecified atom stereocenters. The fourth-order valence-corrected chi connectivity index (χ4v) is 5.64. The first-order valence-corrected chi connectivity index (χ1v) is 13.4. The molecule has 1 fully saturated rings. The van der Waals surface area contributed by atoms with Crippen LogP contribution in [0.25, 0.3) is 16.0 Å². The van der Waals surface area contributed by atoms with E-state index in [1.54, 1.807) is 18.2 Å². The van der Waals surface area contributed by atoms with Crippen molar-refractivity contribution in [2.75, 3.05) is 11.5 Å². The molecule has 194 valence electrons. The summed E-state index contributed by atoms with van der Waals surface area (Å²) in [5, 5.41) is 11.6. The van der Waals surface area contributed by atoms with E-state index in [1.165, 1.54) is 40.5 Å². The number of carbonyl (C=O) groups is 2. The van der Waals surface area contributed by atoms with Crippen molar-refractivity contribution in [1.82, 2.24) is 4.98 Å². The number of ketones is 1. The number of amides is 1. The molecule has 5 rings (SSSR count). The molecule has 6 nitrogen and oxygen atoms in total. The highest BCUT2D eigenvalue weighted by molar-refractivity contribution is 7.22. The Morgan fingerprint density at radius 1 is 1.08 bits per heavy atom. The molecule has 1 aliphatic heterocycles. The lowest BCUT2D eigenvalue weighted by atomic mass is 9.95. The number of aliphatic hydroxyl groups excluding tert-OH is 1.